The molecule has 0 radical (unpaired) electrons. The molecular formula is C16H12FNO2. The molecule has 0 aliphatic rings. The molecule has 0 saturated heterocycles. The maximum atomic E-state index is 13.3. The fourth-order valence-electron chi connectivity index (χ4n) is 2.25. The van der Waals surface area contributed by atoms with Gasteiger partial charge in [-0.1, -0.05) is 12.1 Å². The average Bonchev–Trinajstić information content (AvgIpc) is 2.46. The first-order chi connectivity index (χ1) is 9.69. The molecule has 2 aromatic carbocycles. The molecule has 0 fully saturated rings. The number of halogens is 1. The van der Waals surface area contributed by atoms with Gasteiger partial charge < -0.3 is 9.72 Å². The topological polar surface area (TPSA) is 42.1 Å². The number of methoxy groups -OCH3 is 1. The van der Waals surface area contributed by atoms with Gasteiger partial charge in [0.1, 0.15) is 11.6 Å². The van der Waals surface area contributed by atoms with Gasteiger partial charge in [-0.05, 0) is 41.8 Å². The van der Waals surface area contributed by atoms with Crippen LogP contribution in [-0.2, 0) is 0 Å². The van der Waals surface area contributed by atoms with Crippen LogP contribution in [0, 0.1) is 5.82 Å². The smallest absolute Gasteiger partial charge is 0.256 e. The zero-order valence-corrected chi connectivity index (χ0v) is 10.8. The van der Waals surface area contributed by atoms with E-state index in [0.29, 0.717) is 22.2 Å². The first-order valence-electron chi connectivity index (χ1n) is 6.15. The van der Waals surface area contributed by atoms with Crippen molar-refractivity contribution in [1.29, 1.82) is 0 Å². The third-order valence-corrected chi connectivity index (χ3v) is 3.20. The van der Waals surface area contributed by atoms with Gasteiger partial charge in [0, 0.05) is 10.9 Å². The van der Waals surface area contributed by atoms with Crippen molar-refractivity contribution in [2.75, 3.05) is 7.11 Å². The molecule has 0 aliphatic heterocycles. The summed E-state index contributed by atoms with van der Waals surface area (Å²) in [6.45, 7) is 0. The number of aromatic amines is 1. The first-order valence-corrected chi connectivity index (χ1v) is 6.15. The molecule has 100 valence electrons. The number of pyridine rings is 1. The van der Waals surface area contributed by atoms with Crippen molar-refractivity contribution in [1.82, 2.24) is 4.98 Å². The Hall–Kier alpha value is -2.62. The van der Waals surface area contributed by atoms with Gasteiger partial charge in [-0.3, -0.25) is 4.79 Å². The van der Waals surface area contributed by atoms with Gasteiger partial charge in [0.05, 0.1) is 12.8 Å². The number of ether oxygens (including phenoxy) is 1. The van der Waals surface area contributed by atoms with Gasteiger partial charge in [-0.2, -0.15) is 0 Å². The largest absolute Gasteiger partial charge is 0.496 e. The average molecular weight is 269 g/mol. The highest BCUT2D eigenvalue weighted by atomic mass is 19.1. The molecule has 0 unspecified atom stereocenters. The van der Waals surface area contributed by atoms with Crippen molar-refractivity contribution in [2.24, 2.45) is 0 Å². The minimum absolute atomic E-state index is 0.247. The summed E-state index contributed by atoms with van der Waals surface area (Å²) in [7, 11) is 1.57. The van der Waals surface area contributed by atoms with Crippen molar-refractivity contribution < 1.29 is 9.13 Å². The molecule has 20 heavy (non-hydrogen) atoms. The SMILES string of the molecule is COc1ccccc1-c1cc2cc(F)ccc2c(=O)[nH]1. The Kier molecular flexibility index (Phi) is 2.99. The summed E-state index contributed by atoms with van der Waals surface area (Å²) < 4.78 is 18.6. The monoisotopic (exact) mass is 269 g/mol. The maximum Gasteiger partial charge on any atom is 0.256 e. The lowest BCUT2D eigenvalue weighted by molar-refractivity contribution is 0.416. The second-order valence-electron chi connectivity index (χ2n) is 4.44. The quantitative estimate of drug-likeness (QED) is 0.775. The van der Waals surface area contributed by atoms with Crippen molar-refractivity contribution in [3.8, 4) is 17.0 Å². The highest BCUT2D eigenvalue weighted by Crippen LogP contribution is 2.28. The summed E-state index contributed by atoms with van der Waals surface area (Å²) in [5.74, 6) is 0.285. The van der Waals surface area contributed by atoms with E-state index in [9.17, 15) is 9.18 Å². The van der Waals surface area contributed by atoms with Crippen LogP contribution >= 0.6 is 0 Å². The lowest BCUT2D eigenvalue weighted by Gasteiger charge is -2.09. The molecule has 0 amide bonds. The number of hydrogen-bond acceptors (Lipinski definition) is 2. The number of nitrogens with one attached hydrogen (secondary N) is 1. The van der Waals surface area contributed by atoms with E-state index in [-0.39, 0.29) is 11.4 Å². The highest BCUT2D eigenvalue weighted by Gasteiger charge is 2.08. The van der Waals surface area contributed by atoms with E-state index in [0.717, 1.165) is 5.56 Å². The van der Waals surface area contributed by atoms with E-state index in [1.54, 1.807) is 13.2 Å². The third-order valence-electron chi connectivity index (χ3n) is 3.20. The Labute approximate surface area is 114 Å². The number of hydrogen-bond donors (Lipinski definition) is 1. The minimum Gasteiger partial charge on any atom is -0.496 e. The third kappa shape index (κ3) is 2.05. The minimum atomic E-state index is -0.367. The normalized spacial score (nSPS) is 10.7. The number of para-hydroxylation sites is 1. The first kappa shape index (κ1) is 12.4. The Morgan fingerprint density at radius 3 is 2.70 bits per heavy atom. The number of benzene rings is 2. The molecule has 0 saturated carbocycles. The van der Waals surface area contributed by atoms with Gasteiger partial charge >= 0.3 is 0 Å². The second kappa shape index (κ2) is 4.81. The lowest BCUT2D eigenvalue weighted by Crippen LogP contribution is -2.07. The molecule has 0 aliphatic carbocycles. The maximum absolute atomic E-state index is 13.3. The highest BCUT2D eigenvalue weighted by molar-refractivity contribution is 5.85. The molecule has 1 N–H and O–H groups in total. The predicted molar refractivity (Wildman–Crippen MR) is 76.5 cm³/mol. The zero-order chi connectivity index (χ0) is 14.1. The number of H-pyrrole nitrogens is 1. The van der Waals surface area contributed by atoms with Gasteiger partial charge in [0.15, 0.2) is 0 Å². The van der Waals surface area contributed by atoms with Gasteiger partial charge in [-0.25, -0.2) is 4.39 Å². The van der Waals surface area contributed by atoms with Crippen LogP contribution in [0.4, 0.5) is 4.39 Å². The van der Waals surface area contributed by atoms with Crippen molar-refractivity contribution in [3.63, 3.8) is 0 Å². The van der Waals surface area contributed by atoms with Crippen LogP contribution < -0.4 is 10.3 Å². The van der Waals surface area contributed by atoms with E-state index in [2.05, 4.69) is 4.98 Å². The van der Waals surface area contributed by atoms with Crippen LogP contribution in [0.25, 0.3) is 22.0 Å². The molecule has 1 aromatic heterocycles. The molecule has 3 rings (SSSR count). The predicted octanol–water partition coefficient (Wildman–Crippen LogP) is 3.34. The van der Waals surface area contributed by atoms with Gasteiger partial charge in [0.2, 0.25) is 0 Å². The molecule has 0 spiro atoms. The number of aromatic nitrogens is 1. The van der Waals surface area contributed by atoms with E-state index in [4.69, 9.17) is 4.74 Å². The summed E-state index contributed by atoms with van der Waals surface area (Å²) in [5, 5.41) is 1.03. The van der Waals surface area contributed by atoms with E-state index >= 15 is 0 Å². The van der Waals surface area contributed by atoms with Gasteiger partial charge in [0.25, 0.3) is 5.56 Å². The number of fused-ring (bicyclic) bond motifs is 1. The Bertz CT molecular complexity index is 839. The van der Waals surface area contributed by atoms with E-state index < -0.39 is 0 Å². The fourth-order valence-corrected chi connectivity index (χ4v) is 2.25. The Balaban J connectivity index is 2.29. The Morgan fingerprint density at radius 2 is 1.90 bits per heavy atom. The van der Waals surface area contributed by atoms with Crippen LogP contribution in [0.1, 0.15) is 0 Å². The molecule has 0 bridgehead atoms. The van der Waals surface area contributed by atoms with Crippen molar-refractivity contribution >= 4 is 10.8 Å². The van der Waals surface area contributed by atoms with Crippen LogP contribution in [0.3, 0.4) is 0 Å². The zero-order valence-electron chi connectivity index (χ0n) is 10.8. The Morgan fingerprint density at radius 1 is 1.10 bits per heavy atom. The fraction of sp³-hybridized carbons (Fsp3) is 0.0625. The van der Waals surface area contributed by atoms with Crippen LogP contribution in [0.15, 0.2) is 53.3 Å². The lowest BCUT2D eigenvalue weighted by atomic mass is 10.1. The standard InChI is InChI=1S/C16H12FNO2/c1-20-15-5-3-2-4-13(15)14-9-10-8-11(17)6-7-12(10)16(19)18-14/h2-9H,1H3,(H,18,19). The van der Waals surface area contributed by atoms with Crippen molar-refractivity contribution in [2.45, 2.75) is 0 Å². The molecule has 1 heterocycles. The van der Waals surface area contributed by atoms with Crippen molar-refractivity contribution in [3.05, 3.63) is 64.7 Å². The summed E-state index contributed by atoms with van der Waals surface area (Å²) in [6.07, 6.45) is 0. The molecule has 3 nitrogen and oxygen atoms in total. The van der Waals surface area contributed by atoms with E-state index in [1.807, 2.05) is 24.3 Å². The van der Waals surface area contributed by atoms with Crippen LogP contribution in [0.5, 0.6) is 5.75 Å². The molecule has 4 heteroatoms. The molecule has 3 aromatic rings. The summed E-state index contributed by atoms with van der Waals surface area (Å²) in [5.41, 5.74) is 1.12. The van der Waals surface area contributed by atoms with Gasteiger partial charge in [-0.15, -0.1) is 0 Å². The molecule has 0 atom stereocenters. The van der Waals surface area contributed by atoms with E-state index in [1.165, 1.54) is 18.2 Å². The summed E-state index contributed by atoms with van der Waals surface area (Å²) >= 11 is 0. The van der Waals surface area contributed by atoms with Crippen LogP contribution in [0.2, 0.25) is 0 Å². The number of rotatable bonds is 2. The van der Waals surface area contributed by atoms with Crippen LogP contribution in [-0.4, -0.2) is 12.1 Å². The summed E-state index contributed by atoms with van der Waals surface area (Å²) in [6, 6.07) is 13.2. The summed E-state index contributed by atoms with van der Waals surface area (Å²) in [4.78, 5) is 14.9. The molecular weight excluding hydrogens is 257 g/mol. The second-order valence-corrected chi connectivity index (χ2v) is 4.44.